The molecule has 0 saturated carbocycles. The van der Waals surface area contributed by atoms with Gasteiger partial charge in [0.1, 0.15) is 5.82 Å². The first-order valence-electron chi connectivity index (χ1n) is 5.38. The van der Waals surface area contributed by atoms with Crippen molar-refractivity contribution in [2.24, 2.45) is 0 Å². The second-order valence-corrected chi connectivity index (χ2v) is 5.54. The highest BCUT2D eigenvalue weighted by Gasteiger charge is 2.22. The Balaban J connectivity index is 3.00. The second kappa shape index (κ2) is 6.63. The zero-order valence-corrected chi connectivity index (χ0v) is 11.0. The van der Waals surface area contributed by atoms with Gasteiger partial charge in [0, 0.05) is 20.2 Å². The summed E-state index contributed by atoms with van der Waals surface area (Å²) >= 11 is 0. The van der Waals surface area contributed by atoms with Crippen molar-refractivity contribution in [1.29, 1.82) is 0 Å². The van der Waals surface area contributed by atoms with Gasteiger partial charge in [0.2, 0.25) is 10.0 Å². The molecule has 0 amide bonds. The Morgan fingerprint density at radius 1 is 1.39 bits per heavy atom. The lowest BCUT2D eigenvalue weighted by atomic mass is 10.4. The lowest BCUT2D eigenvalue weighted by molar-refractivity contribution is 0.182. The predicted octanol–water partition coefficient (Wildman–Crippen LogP) is 1.65. The van der Waals surface area contributed by atoms with Gasteiger partial charge >= 0.3 is 0 Å². The monoisotopic (exact) mass is 273 g/mol. The van der Waals surface area contributed by atoms with E-state index < -0.39 is 15.8 Å². The fraction of sp³-hybridized carbons (Fsp3) is 0.333. The van der Waals surface area contributed by atoms with Crippen molar-refractivity contribution < 1.29 is 17.5 Å². The van der Waals surface area contributed by atoms with E-state index in [2.05, 4.69) is 6.58 Å². The van der Waals surface area contributed by atoms with Crippen molar-refractivity contribution in [3.63, 3.8) is 0 Å². The molecule has 6 heteroatoms. The molecule has 0 bridgehead atoms. The molecule has 0 heterocycles. The molecular weight excluding hydrogens is 257 g/mol. The van der Waals surface area contributed by atoms with Crippen molar-refractivity contribution in [2.45, 2.75) is 4.90 Å². The predicted molar refractivity (Wildman–Crippen MR) is 67.2 cm³/mol. The van der Waals surface area contributed by atoms with Gasteiger partial charge in [0.05, 0.1) is 11.5 Å². The minimum atomic E-state index is -3.64. The quantitative estimate of drug-likeness (QED) is 0.710. The van der Waals surface area contributed by atoms with Gasteiger partial charge in [0.25, 0.3) is 0 Å². The van der Waals surface area contributed by atoms with Crippen LogP contribution in [0.25, 0.3) is 0 Å². The van der Waals surface area contributed by atoms with Crippen LogP contribution in [0.4, 0.5) is 4.39 Å². The largest absolute Gasteiger partial charge is 0.383 e. The Labute approximate surface area is 107 Å². The molecule has 0 N–H and O–H groups in total. The smallest absolute Gasteiger partial charge is 0.243 e. The number of sulfonamides is 1. The van der Waals surface area contributed by atoms with Gasteiger partial charge in [-0.05, 0) is 24.3 Å². The minimum absolute atomic E-state index is 0.0573. The Bertz CT molecular complexity index is 485. The highest BCUT2D eigenvalue weighted by atomic mass is 32.2. The number of nitrogens with zero attached hydrogens (tertiary/aromatic N) is 1. The Hall–Kier alpha value is -1.24. The third kappa shape index (κ3) is 3.63. The van der Waals surface area contributed by atoms with E-state index in [1.54, 1.807) is 0 Å². The SMILES string of the molecule is C=CCN(CCOC)S(=O)(=O)c1ccc(F)cc1. The molecule has 1 aromatic rings. The van der Waals surface area contributed by atoms with Crippen molar-refractivity contribution in [3.8, 4) is 0 Å². The van der Waals surface area contributed by atoms with Crippen LogP contribution in [0, 0.1) is 5.82 Å². The summed E-state index contributed by atoms with van der Waals surface area (Å²) in [6.07, 6.45) is 1.50. The zero-order chi connectivity index (χ0) is 13.6. The maximum Gasteiger partial charge on any atom is 0.243 e. The topological polar surface area (TPSA) is 46.6 Å². The van der Waals surface area contributed by atoms with E-state index in [1.807, 2.05) is 0 Å². The number of ether oxygens (including phenoxy) is 1. The fourth-order valence-corrected chi connectivity index (χ4v) is 2.80. The molecule has 0 unspecified atom stereocenters. The van der Waals surface area contributed by atoms with Crippen LogP contribution in [-0.4, -0.2) is 39.5 Å². The number of halogens is 1. The maximum absolute atomic E-state index is 12.8. The molecule has 0 aromatic heterocycles. The number of benzene rings is 1. The van der Waals surface area contributed by atoms with E-state index in [1.165, 1.54) is 29.6 Å². The van der Waals surface area contributed by atoms with E-state index in [-0.39, 0.29) is 24.6 Å². The Morgan fingerprint density at radius 3 is 2.50 bits per heavy atom. The Kier molecular flexibility index (Phi) is 5.46. The van der Waals surface area contributed by atoms with Crippen molar-refractivity contribution in [2.75, 3.05) is 26.8 Å². The van der Waals surface area contributed by atoms with Crippen LogP contribution in [0.3, 0.4) is 0 Å². The summed E-state index contributed by atoms with van der Waals surface area (Å²) < 4.78 is 43.4. The number of hydrogen-bond donors (Lipinski definition) is 0. The normalized spacial score (nSPS) is 11.7. The first-order chi connectivity index (χ1) is 8.52. The van der Waals surface area contributed by atoms with Crippen LogP contribution in [0.5, 0.6) is 0 Å². The van der Waals surface area contributed by atoms with E-state index in [4.69, 9.17) is 4.74 Å². The highest BCUT2D eigenvalue weighted by molar-refractivity contribution is 7.89. The lowest BCUT2D eigenvalue weighted by Gasteiger charge is -2.20. The molecule has 0 aliphatic rings. The average molecular weight is 273 g/mol. The van der Waals surface area contributed by atoms with Gasteiger partial charge in [-0.15, -0.1) is 6.58 Å². The van der Waals surface area contributed by atoms with Gasteiger partial charge in [-0.2, -0.15) is 4.31 Å². The first kappa shape index (κ1) is 14.8. The summed E-state index contributed by atoms with van der Waals surface area (Å²) in [5, 5.41) is 0. The van der Waals surface area contributed by atoms with Crippen molar-refractivity contribution >= 4 is 10.0 Å². The van der Waals surface area contributed by atoms with Crippen LogP contribution >= 0.6 is 0 Å². The summed E-state index contributed by atoms with van der Waals surface area (Å²) in [6, 6.07) is 4.73. The zero-order valence-electron chi connectivity index (χ0n) is 10.2. The van der Waals surface area contributed by atoms with Crippen LogP contribution in [-0.2, 0) is 14.8 Å². The fourth-order valence-electron chi connectivity index (χ4n) is 1.40. The molecule has 1 aromatic carbocycles. The van der Waals surface area contributed by atoms with Crippen molar-refractivity contribution in [1.82, 2.24) is 4.31 Å². The van der Waals surface area contributed by atoms with Crippen LogP contribution in [0.2, 0.25) is 0 Å². The number of hydrogen-bond acceptors (Lipinski definition) is 3. The molecule has 1 rings (SSSR count). The highest BCUT2D eigenvalue weighted by Crippen LogP contribution is 2.15. The molecule has 100 valence electrons. The molecule has 4 nitrogen and oxygen atoms in total. The average Bonchev–Trinajstić information content (AvgIpc) is 2.35. The first-order valence-corrected chi connectivity index (χ1v) is 6.82. The molecule has 0 atom stereocenters. The van der Waals surface area contributed by atoms with E-state index in [0.717, 1.165) is 12.1 Å². The van der Waals surface area contributed by atoms with Crippen LogP contribution in [0.15, 0.2) is 41.8 Å². The molecule has 0 spiro atoms. The lowest BCUT2D eigenvalue weighted by Crippen LogP contribution is -2.34. The summed E-state index contributed by atoms with van der Waals surface area (Å²) in [5.41, 5.74) is 0. The number of methoxy groups -OCH3 is 1. The molecule has 18 heavy (non-hydrogen) atoms. The summed E-state index contributed by atoms with van der Waals surface area (Å²) in [7, 11) is -2.14. The minimum Gasteiger partial charge on any atom is -0.383 e. The summed E-state index contributed by atoms with van der Waals surface area (Å²) in [5.74, 6) is -0.471. The maximum atomic E-state index is 12.8. The standard InChI is InChI=1S/C12H16FNO3S/c1-3-8-14(9-10-17-2)18(15,16)12-6-4-11(13)5-7-12/h3-7H,1,8-10H2,2H3. The molecule has 0 radical (unpaired) electrons. The molecule has 0 saturated heterocycles. The van der Waals surface area contributed by atoms with Gasteiger partial charge in [-0.3, -0.25) is 0 Å². The van der Waals surface area contributed by atoms with Gasteiger partial charge in [-0.25, -0.2) is 12.8 Å². The van der Waals surface area contributed by atoms with Gasteiger partial charge < -0.3 is 4.74 Å². The van der Waals surface area contributed by atoms with Crippen LogP contribution < -0.4 is 0 Å². The molecular formula is C12H16FNO3S. The third-order valence-corrected chi connectivity index (χ3v) is 4.21. The van der Waals surface area contributed by atoms with Crippen molar-refractivity contribution in [3.05, 3.63) is 42.7 Å². The van der Waals surface area contributed by atoms with E-state index in [0.29, 0.717) is 0 Å². The third-order valence-electron chi connectivity index (χ3n) is 2.33. The molecule has 0 aliphatic carbocycles. The summed E-state index contributed by atoms with van der Waals surface area (Å²) in [4.78, 5) is 0.0573. The Morgan fingerprint density at radius 2 is 2.00 bits per heavy atom. The molecule has 0 fully saturated rings. The summed E-state index contributed by atoms with van der Waals surface area (Å²) in [6.45, 7) is 4.22. The second-order valence-electron chi connectivity index (χ2n) is 3.60. The van der Waals surface area contributed by atoms with Gasteiger partial charge in [-0.1, -0.05) is 6.08 Å². The number of rotatable bonds is 7. The van der Waals surface area contributed by atoms with Gasteiger partial charge in [0.15, 0.2) is 0 Å². The van der Waals surface area contributed by atoms with E-state index in [9.17, 15) is 12.8 Å². The van der Waals surface area contributed by atoms with E-state index >= 15 is 0 Å². The van der Waals surface area contributed by atoms with Crippen LogP contribution in [0.1, 0.15) is 0 Å². The molecule has 0 aliphatic heterocycles.